The van der Waals surface area contributed by atoms with Crippen LogP contribution >= 0.6 is 11.3 Å². The number of anilines is 1. The molecular formula is C16H29N3S. The summed E-state index contributed by atoms with van der Waals surface area (Å²) in [7, 11) is 0. The predicted octanol–water partition coefficient (Wildman–Crippen LogP) is 4.05. The normalized spacial score (nSPS) is 20.4. The Hall–Kier alpha value is -0.610. The number of hydrogen-bond acceptors (Lipinski definition) is 4. The minimum Gasteiger partial charge on any atom is -0.348 e. The standard InChI is InChI=1S/C16H29N3S/c1-4-6-14-7-5-9-19(10-8-14)16-18-15(12-20-16)11-17-13(2)3/h12-14,17H,4-11H2,1-3H3. The summed E-state index contributed by atoms with van der Waals surface area (Å²) in [6.45, 7) is 9.92. The van der Waals surface area contributed by atoms with E-state index in [1.165, 1.54) is 56.0 Å². The SMILES string of the molecule is CCCC1CCCN(c2nc(CNC(C)C)cs2)CC1. The molecule has 1 unspecified atom stereocenters. The van der Waals surface area contributed by atoms with Crippen molar-refractivity contribution in [1.82, 2.24) is 10.3 Å². The molecule has 0 aliphatic carbocycles. The second-order valence-corrected chi connectivity index (χ2v) is 7.07. The van der Waals surface area contributed by atoms with Gasteiger partial charge >= 0.3 is 0 Å². The van der Waals surface area contributed by atoms with Crippen LogP contribution in [0.15, 0.2) is 5.38 Å². The van der Waals surface area contributed by atoms with Gasteiger partial charge in [0.2, 0.25) is 0 Å². The van der Waals surface area contributed by atoms with Crippen LogP contribution in [-0.4, -0.2) is 24.1 Å². The summed E-state index contributed by atoms with van der Waals surface area (Å²) in [4.78, 5) is 7.30. The Balaban J connectivity index is 1.88. The van der Waals surface area contributed by atoms with Gasteiger partial charge in [-0.15, -0.1) is 11.3 Å². The molecule has 1 saturated heterocycles. The molecule has 1 aromatic rings. The minimum absolute atomic E-state index is 0.521. The first-order chi connectivity index (χ1) is 9.69. The number of nitrogens with one attached hydrogen (secondary N) is 1. The number of hydrogen-bond donors (Lipinski definition) is 1. The molecule has 1 aliphatic heterocycles. The smallest absolute Gasteiger partial charge is 0.185 e. The van der Waals surface area contributed by atoms with Crippen molar-refractivity contribution in [3.63, 3.8) is 0 Å². The summed E-state index contributed by atoms with van der Waals surface area (Å²) in [6.07, 6.45) is 6.79. The maximum Gasteiger partial charge on any atom is 0.185 e. The number of thiazole rings is 1. The van der Waals surface area contributed by atoms with Crippen LogP contribution in [0.1, 0.15) is 58.6 Å². The third-order valence-electron chi connectivity index (χ3n) is 4.05. The zero-order valence-electron chi connectivity index (χ0n) is 13.2. The maximum absolute atomic E-state index is 4.80. The lowest BCUT2D eigenvalue weighted by Gasteiger charge is -2.19. The quantitative estimate of drug-likeness (QED) is 0.858. The average Bonchev–Trinajstić information content (AvgIpc) is 2.77. The van der Waals surface area contributed by atoms with Gasteiger partial charge in [0.1, 0.15) is 0 Å². The second-order valence-electron chi connectivity index (χ2n) is 6.23. The van der Waals surface area contributed by atoms with Crippen molar-refractivity contribution in [2.75, 3.05) is 18.0 Å². The Labute approximate surface area is 127 Å². The van der Waals surface area contributed by atoms with E-state index in [9.17, 15) is 0 Å². The first kappa shape index (κ1) is 15.8. The topological polar surface area (TPSA) is 28.2 Å². The predicted molar refractivity (Wildman–Crippen MR) is 88.6 cm³/mol. The Bertz CT molecular complexity index is 389. The molecule has 1 fully saturated rings. The van der Waals surface area contributed by atoms with E-state index < -0.39 is 0 Å². The molecule has 0 radical (unpaired) electrons. The van der Waals surface area contributed by atoms with Gasteiger partial charge in [0.25, 0.3) is 0 Å². The van der Waals surface area contributed by atoms with E-state index in [-0.39, 0.29) is 0 Å². The van der Waals surface area contributed by atoms with Crippen LogP contribution in [0.4, 0.5) is 5.13 Å². The van der Waals surface area contributed by atoms with Gasteiger partial charge in [0.15, 0.2) is 5.13 Å². The summed E-state index contributed by atoms with van der Waals surface area (Å²) in [6, 6.07) is 0.521. The first-order valence-corrected chi connectivity index (χ1v) is 8.99. The van der Waals surface area contributed by atoms with Crippen LogP contribution in [0.2, 0.25) is 0 Å². The molecule has 0 amide bonds. The number of nitrogens with zero attached hydrogens (tertiary/aromatic N) is 2. The Morgan fingerprint density at radius 3 is 3.00 bits per heavy atom. The molecule has 0 saturated carbocycles. The van der Waals surface area contributed by atoms with E-state index in [0.717, 1.165) is 12.5 Å². The molecule has 1 atom stereocenters. The second kappa shape index (κ2) is 7.99. The highest BCUT2D eigenvalue weighted by Crippen LogP contribution is 2.27. The number of aromatic nitrogens is 1. The summed E-state index contributed by atoms with van der Waals surface area (Å²) in [5.41, 5.74) is 1.19. The molecule has 3 nitrogen and oxygen atoms in total. The van der Waals surface area contributed by atoms with E-state index in [1.807, 2.05) is 0 Å². The molecule has 0 bridgehead atoms. The third kappa shape index (κ3) is 4.74. The van der Waals surface area contributed by atoms with Crippen molar-refractivity contribution < 1.29 is 0 Å². The van der Waals surface area contributed by atoms with Gasteiger partial charge in [-0.05, 0) is 25.2 Å². The third-order valence-corrected chi connectivity index (χ3v) is 5.00. The van der Waals surface area contributed by atoms with Gasteiger partial charge in [-0.1, -0.05) is 33.6 Å². The largest absolute Gasteiger partial charge is 0.348 e. The molecule has 0 aromatic carbocycles. The van der Waals surface area contributed by atoms with E-state index in [0.29, 0.717) is 6.04 Å². The van der Waals surface area contributed by atoms with Gasteiger partial charge in [0.05, 0.1) is 5.69 Å². The Morgan fingerprint density at radius 2 is 2.25 bits per heavy atom. The van der Waals surface area contributed by atoms with Crippen LogP contribution in [0.5, 0.6) is 0 Å². The zero-order valence-corrected chi connectivity index (χ0v) is 14.0. The molecular weight excluding hydrogens is 266 g/mol. The lowest BCUT2D eigenvalue weighted by molar-refractivity contribution is 0.435. The van der Waals surface area contributed by atoms with Crippen LogP contribution < -0.4 is 10.2 Å². The van der Waals surface area contributed by atoms with Gasteiger partial charge < -0.3 is 10.2 Å². The summed E-state index contributed by atoms with van der Waals surface area (Å²) in [5.74, 6) is 0.937. The average molecular weight is 295 g/mol. The summed E-state index contributed by atoms with van der Waals surface area (Å²) < 4.78 is 0. The van der Waals surface area contributed by atoms with Crippen LogP contribution in [-0.2, 0) is 6.54 Å². The first-order valence-electron chi connectivity index (χ1n) is 8.11. The van der Waals surface area contributed by atoms with E-state index in [1.54, 1.807) is 11.3 Å². The van der Waals surface area contributed by atoms with Crippen LogP contribution in [0.3, 0.4) is 0 Å². The van der Waals surface area contributed by atoms with Gasteiger partial charge in [-0.25, -0.2) is 4.98 Å². The van der Waals surface area contributed by atoms with Crippen molar-refractivity contribution in [2.24, 2.45) is 5.92 Å². The Kier molecular flexibility index (Phi) is 6.30. The molecule has 1 aliphatic rings. The van der Waals surface area contributed by atoms with Crippen molar-refractivity contribution in [1.29, 1.82) is 0 Å². The number of rotatable bonds is 6. The van der Waals surface area contributed by atoms with Crippen molar-refractivity contribution in [3.8, 4) is 0 Å². The molecule has 2 heterocycles. The fourth-order valence-electron chi connectivity index (χ4n) is 2.88. The maximum atomic E-state index is 4.80. The van der Waals surface area contributed by atoms with E-state index in [4.69, 9.17) is 4.98 Å². The van der Waals surface area contributed by atoms with E-state index in [2.05, 4.69) is 36.4 Å². The van der Waals surface area contributed by atoms with Gasteiger partial charge in [-0.3, -0.25) is 0 Å². The van der Waals surface area contributed by atoms with Crippen molar-refractivity contribution >= 4 is 16.5 Å². The van der Waals surface area contributed by atoms with Gasteiger partial charge in [-0.2, -0.15) is 0 Å². The highest BCUT2D eigenvalue weighted by Gasteiger charge is 2.18. The van der Waals surface area contributed by atoms with Crippen LogP contribution in [0.25, 0.3) is 0 Å². The lowest BCUT2D eigenvalue weighted by Crippen LogP contribution is -2.25. The fraction of sp³-hybridized carbons (Fsp3) is 0.812. The molecule has 20 heavy (non-hydrogen) atoms. The van der Waals surface area contributed by atoms with Crippen molar-refractivity contribution in [3.05, 3.63) is 11.1 Å². The molecule has 1 aromatic heterocycles. The molecule has 2 rings (SSSR count). The van der Waals surface area contributed by atoms with Crippen LogP contribution in [0, 0.1) is 5.92 Å². The van der Waals surface area contributed by atoms with Crippen molar-refractivity contribution in [2.45, 2.75) is 65.5 Å². The highest BCUT2D eigenvalue weighted by molar-refractivity contribution is 7.13. The minimum atomic E-state index is 0.521. The van der Waals surface area contributed by atoms with E-state index >= 15 is 0 Å². The molecule has 4 heteroatoms. The lowest BCUT2D eigenvalue weighted by atomic mass is 9.96. The van der Waals surface area contributed by atoms with Gasteiger partial charge in [0, 0.05) is 31.1 Å². The fourth-order valence-corrected chi connectivity index (χ4v) is 3.76. The molecule has 1 N–H and O–H groups in total. The monoisotopic (exact) mass is 295 g/mol. The Morgan fingerprint density at radius 1 is 1.40 bits per heavy atom. The summed E-state index contributed by atoms with van der Waals surface area (Å²) >= 11 is 1.81. The molecule has 114 valence electrons. The molecule has 0 spiro atoms. The highest BCUT2D eigenvalue weighted by atomic mass is 32.1. The summed E-state index contributed by atoms with van der Waals surface area (Å²) in [5, 5.41) is 6.87. The zero-order chi connectivity index (χ0) is 14.4.